The van der Waals surface area contributed by atoms with Crippen LogP contribution in [0.1, 0.15) is 39.9 Å². The Kier molecular flexibility index (Phi) is 6.49. The average molecular weight is 395 g/mol. The number of carbonyl (C=O) groups is 3. The molecule has 7 heteroatoms. The molecule has 1 aliphatic rings. The van der Waals surface area contributed by atoms with Crippen LogP contribution in [-0.2, 0) is 16.1 Å². The first-order chi connectivity index (χ1) is 13.9. The lowest BCUT2D eigenvalue weighted by Gasteiger charge is -2.15. The van der Waals surface area contributed by atoms with Crippen LogP contribution in [0.3, 0.4) is 0 Å². The van der Waals surface area contributed by atoms with Gasteiger partial charge in [-0.15, -0.1) is 0 Å². The highest BCUT2D eigenvalue weighted by Gasteiger charge is 2.20. The van der Waals surface area contributed by atoms with Gasteiger partial charge < -0.3 is 9.64 Å². The van der Waals surface area contributed by atoms with Crippen LogP contribution in [0.15, 0.2) is 42.5 Å². The SMILES string of the molecule is Cc1cc(C)cc(OCC(=O)NNC(=O)c2ccc(CN3CCCC3=O)cc2)c1. The standard InChI is InChI=1S/C22H25N3O4/c1-15-10-16(2)12-19(11-15)29-14-20(26)23-24-22(28)18-7-5-17(6-8-18)13-25-9-3-4-21(25)27/h5-8,10-12H,3-4,9,13-14H2,1-2H3,(H,23,26)(H,24,28). The lowest BCUT2D eigenvalue weighted by Crippen LogP contribution is -2.43. The second-order valence-corrected chi connectivity index (χ2v) is 7.23. The maximum atomic E-state index is 12.2. The molecule has 0 atom stereocenters. The number of rotatable bonds is 6. The Balaban J connectivity index is 1.44. The second-order valence-electron chi connectivity index (χ2n) is 7.23. The Labute approximate surface area is 170 Å². The molecule has 3 amide bonds. The highest BCUT2D eigenvalue weighted by molar-refractivity contribution is 5.95. The lowest BCUT2D eigenvalue weighted by molar-refractivity contribution is -0.128. The predicted octanol–water partition coefficient (Wildman–Crippen LogP) is 2.27. The van der Waals surface area contributed by atoms with Crippen LogP contribution < -0.4 is 15.6 Å². The molecule has 0 aromatic heterocycles. The molecule has 152 valence electrons. The molecule has 3 rings (SSSR count). The van der Waals surface area contributed by atoms with Crippen LogP contribution in [0.25, 0.3) is 0 Å². The number of carbonyl (C=O) groups excluding carboxylic acids is 3. The van der Waals surface area contributed by atoms with Crippen molar-refractivity contribution in [2.75, 3.05) is 13.2 Å². The Hall–Kier alpha value is -3.35. The fourth-order valence-electron chi connectivity index (χ4n) is 3.25. The van der Waals surface area contributed by atoms with E-state index in [2.05, 4.69) is 10.9 Å². The van der Waals surface area contributed by atoms with Gasteiger partial charge in [0.2, 0.25) is 5.91 Å². The molecule has 0 spiro atoms. The van der Waals surface area contributed by atoms with Crippen molar-refractivity contribution in [1.82, 2.24) is 15.8 Å². The molecule has 2 N–H and O–H groups in total. The van der Waals surface area contributed by atoms with Crippen molar-refractivity contribution in [1.29, 1.82) is 0 Å². The summed E-state index contributed by atoms with van der Waals surface area (Å²) < 4.78 is 5.46. The Morgan fingerprint density at radius 2 is 1.72 bits per heavy atom. The van der Waals surface area contributed by atoms with Crippen LogP contribution >= 0.6 is 0 Å². The first-order valence-corrected chi connectivity index (χ1v) is 9.58. The third kappa shape index (κ3) is 5.81. The fraction of sp³-hybridized carbons (Fsp3) is 0.318. The average Bonchev–Trinajstić information content (AvgIpc) is 3.09. The van der Waals surface area contributed by atoms with Gasteiger partial charge in [-0.3, -0.25) is 25.2 Å². The monoisotopic (exact) mass is 395 g/mol. The summed E-state index contributed by atoms with van der Waals surface area (Å²) in [6, 6.07) is 12.7. The summed E-state index contributed by atoms with van der Waals surface area (Å²) in [6.07, 6.45) is 1.50. The second kappa shape index (κ2) is 9.23. The zero-order chi connectivity index (χ0) is 20.8. The molecule has 1 heterocycles. The van der Waals surface area contributed by atoms with Gasteiger partial charge in [-0.2, -0.15) is 0 Å². The van der Waals surface area contributed by atoms with Crippen molar-refractivity contribution in [3.63, 3.8) is 0 Å². The van der Waals surface area contributed by atoms with E-state index in [0.29, 0.717) is 24.3 Å². The van der Waals surface area contributed by atoms with Crippen LogP contribution in [0.2, 0.25) is 0 Å². The maximum absolute atomic E-state index is 12.2. The van der Waals surface area contributed by atoms with Gasteiger partial charge in [0.1, 0.15) is 5.75 Å². The zero-order valence-corrected chi connectivity index (χ0v) is 16.7. The van der Waals surface area contributed by atoms with Crippen molar-refractivity contribution in [3.05, 3.63) is 64.7 Å². The van der Waals surface area contributed by atoms with Crippen molar-refractivity contribution in [2.45, 2.75) is 33.2 Å². The minimum absolute atomic E-state index is 0.164. The number of aryl methyl sites for hydroxylation is 2. The van der Waals surface area contributed by atoms with Gasteiger partial charge >= 0.3 is 0 Å². The molecule has 0 aliphatic carbocycles. The summed E-state index contributed by atoms with van der Waals surface area (Å²) >= 11 is 0. The molecule has 29 heavy (non-hydrogen) atoms. The van der Waals surface area contributed by atoms with E-state index in [1.54, 1.807) is 12.1 Å². The van der Waals surface area contributed by atoms with Crippen molar-refractivity contribution < 1.29 is 19.1 Å². The first-order valence-electron chi connectivity index (χ1n) is 9.58. The number of amides is 3. The number of hydrogen-bond donors (Lipinski definition) is 2. The minimum Gasteiger partial charge on any atom is -0.484 e. The molecular weight excluding hydrogens is 370 g/mol. The quantitative estimate of drug-likeness (QED) is 0.735. The summed E-state index contributed by atoms with van der Waals surface area (Å²) in [6.45, 7) is 5.03. The summed E-state index contributed by atoms with van der Waals surface area (Å²) in [7, 11) is 0. The Morgan fingerprint density at radius 3 is 2.34 bits per heavy atom. The van der Waals surface area contributed by atoms with Gasteiger partial charge in [0, 0.05) is 25.1 Å². The Morgan fingerprint density at radius 1 is 1.03 bits per heavy atom. The molecular formula is C22H25N3O4. The van der Waals surface area contributed by atoms with E-state index in [1.807, 2.05) is 49.1 Å². The highest BCUT2D eigenvalue weighted by atomic mass is 16.5. The van der Waals surface area contributed by atoms with Crippen LogP contribution in [0, 0.1) is 13.8 Å². The molecule has 2 aromatic carbocycles. The number of hydrazine groups is 1. The van der Waals surface area contributed by atoms with Crippen molar-refractivity contribution >= 4 is 17.7 Å². The first kappa shape index (κ1) is 20.4. The van der Waals surface area contributed by atoms with Gasteiger partial charge in [-0.05, 0) is 61.2 Å². The molecule has 1 saturated heterocycles. The molecule has 7 nitrogen and oxygen atoms in total. The summed E-state index contributed by atoms with van der Waals surface area (Å²) in [5, 5.41) is 0. The number of likely N-dealkylation sites (tertiary alicyclic amines) is 1. The van der Waals surface area contributed by atoms with E-state index in [0.717, 1.165) is 29.7 Å². The van der Waals surface area contributed by atoms with E-state index in [9.17, 15) is 14.4 Å². The highest BCUT2D eigenvalue weighted by Crippen LogP contribution is 2.16. The van der Waals surface area contributed by atoms with E-state index >= 15 is 0 Å². The van der Waals surface area contributed by atoms with Crippen LogP contribution in [0.5, 0.6) is 5.75 Å². The number of nitrogens with one attached hydrogen (secondary N) is 2. The van der Waals surface area contributed by atoms with Crippen LogP contribution in [0.4, 0.5) is 0 Å². The molecule has 0 radical (unpaired) electrons. The molecule has 2 aromatic rings. The zero-order valence-electron chi connectivity index (χ0n) is 16.7. The molecule has 0 bridgehead atoms. The van der Waals surface area contributed by atoms with Crippen molar-refractivity contribution in [2.24, 2.45) is 0 Å². The Bertz CT molecular complexity index is 889. The third-order valence-corrected chi connectivity index (χ3v) is 4.64. The van der Waals surface area contributed by atoms with Gasteiger partial charge in [0.05, 0.1) is 0 Å². The normalized spacial score (nSPS) is 13.3. The van der Waals surface area contributed by atoms with E-state index < -0.39 is 11.8 Å². The number of ether oxygens (including phenoxy) is 1. The number of benzene rings is 2. The molecule has 1 fully saturated rings. The van der Waals surface area contributed by atoms with Gasteiger partial charge in [0.25, 0.3) is 11.8 Å². The number of nitrogens with zero attached hydrogens (tertiary/aromatic N) is 1. The van der Waals surface area contributed by atoms with Gasteiger partial charge in [-0.1, -0.05) is 18.2 Å². The predicted molar refractivity (Wildman–Crippen MR) is 108 cm³/mol. The van der Waals surface area contributed by atoms with Gasteiger partial charge in [-0.25, -0.2) is 0 Å². The van der Waals surface area contributed by atoms with E-state index in [4.69, 9.17) is 4.74 Å². The smallest absolute Gasteiger partial charge is 0.276 e. The van der Waals surface area contributed by atoms with Gasteiger partial charge in [0.15, 0.2) is 6.61 Å². The number of hydrogen-bond acceptors (Lipinski definition) is 4. The third-order valence-electron chi connectivity index (χ3n) is 4.64. The minimum atomic E-state index is -0.457. The molecule has 1 aliphatic heterocycles. The molecule has 0 saturated carbocycles. The summed E-state index contributed by atoms with van der Waals surface area (Å²) in [4.78, 5) is 37.6. The maximum Gasteiger partial charge on any atom is 0.276 e. The topological polar surface area (TPSA) is 87.7 Å². The largest absolute Gasteiger partial charge is 0.484 e. The van der Waals surface area contributed by atoms with E-state index in [-0.39, 0.29) is 12.5 Å². The lowest BCUT2D eigenvalue weighted by atomic mass is 10.1. The van der Waals surface area contributed by atoms with Crippen molar-refractivity contribution in [3.8, 4) is 5.75 Å². The van der Waals surface area contributed by atoms with Crippen LogP contribution in [-0.4, -0.2) is 35.8 Å². The fourth-order valence-corrected chi connectivity index (χ4v) is 3.25. The summed E-state index contributed by atoms with van der Waals surface area (Å²) in [5.41, 5.74) is 8.19. The molecule has 0 unspecified atom stereocenters. The van der Waals surface area contributed by atoms with E-state index in [1.165, 1.54) is 0 Å². The summed E-state index contributed by atoms with van der Waals surface area (Å²) in [5.74, 6) is -0.108.